The molecule has 1 heterocycles. The lowest BCUT2D eigenvalue weighted by Gasteiger charge is -2.11. The summed E-state index contributed by atoms with van der Waals surface area (Å²) in [5.41, 5.74) is 0. The summed E-state index contributed by atoms with van der Waals surface area (Å²) < 4.78 is 5.72. The molecule has 1 saturated carbocycles. The van der Waals surface area contributed by atoms with Crippen LogP contribution in [0.5, 0.6) is 5.75 Å². The van der Waals surface area contributed by atoms with Gasteiger partial charge in [0.2, 0.25) is 5.95 Å². The number of hydrogen-bond acceptors (Lipinski definition) is 4. The van der Waals surface area contributed by atoms with E-state index in [2.05, 4.69) is 15.3 Å². The van der Waals surface area contributed by atoms with E-state index in [0.717, 1.165) is 18.6 Å². The summed E-state index contributed by atoms with van der Waals surface area (Å²) >= 11 is 0. The van der Waals surface area contributed by atoms with Crippen LogP contribution in [0.3, 0.4) is 0 Å². The van der Waals surface area contributed by atoms with Gasteiger partial charge in [-0.1, -0.05) is 0 Å². The fraction of sp³-hybridized carbons (Fsp3) is 0.600. The van der Waals surface area contributed by atoms with Crippen LogP contribution in [0.15, 0.2) is 12.4 Å². The molecule has 1 fully saturated rings. The molecule has 0 unspecified atom stereocenters. The number of nitrogens with zero attached hydrogens (tertiary/aromatic N) is 2. The van der Waals surface area contributed by atoms with Gasteiger partial charge >= 0.3 is 0 Å². The van der Waals surface area contributed by atoms with Crippen molar-refractivity contribution >= 4 is 5.95 Å². The standard InChI is InChI=1S/C10H15N3O/c1-11-10-12-6-9(7-13-10)14-8-4-2-3-5-8/h6-8H,2-5H2,1H3,(H,11,12,13). The summed E-state index contributed by atoms with van der Waals surface area (Å²) in [6.07, 6.45) is 8.69. The summed E-state index contributed by atoms with van der Waals surface area (Å²) in [5.74, 6) is 1.40. The van der Waals surface area contributed by atoms with Gasteiger partial charge in [-0.25, -0.2) is 9.97 Å². The third-order valence-corrected chi connectivity index (χ3v) is 2.46. The molecule has 0 atom stereocenters. The first-order chi connectivity index (χ1) is 6.88. The Morgan fingerprint density at radius 1 is 1.29 bits per heavy atom. The molecule has 76 valence electrons. The van der Waals surface area contributed by atoms with E-state index in [1.165, 1.54) is 12.8 Å². The highest BCUT2D eigenvalue weighted by atomic mass is 16.5. The van der Waals surface area contributed by atoms with Gasteiger partial charge in [-0.15, -0.1) is 0 Å². The van der Waals surface area contributed by atoms with Crippen molar-refractivity contribution in [1.29, 1.82) is 0 Å². The third-order valence-electron chi connectivity index (χ3n) is 2.46. The van der Waals surface area contributed by atoms with Crippen LogP contribution < -0.4 is 10.1 Å². The third kappa shape index (κ3) is 2.13. The Hall–Kier alpha value is -1.32. The van der Waals surface area contributed by atoms with Crippen molar-refractivity contribution in [1.82, 2.24) is 9.97 Å². The van der Waals surface area contributed by atoms with Crippen LogP contribution in [-0.2, 0) is 0 Å². The van der Waals surface area contributed by atoms with E-state index >= 15 is 0 Å². The molecule has 2 rings (SSSR count). The largest absolute Gasteiger partial charge is 0.487 e. The molecule has 0 aromatic carbocycles. The molecule has 14 heavy (non-hydrogen) atoms. The number of hydrogen-bond donors (Lipinski definition) is 1. The summed E-state index contributed by atoms with van der Waals surface area (Å²) in [5, 5.41) is 2.87. The highest BCUT2D eigenvalue weighted by molar-refractivity contribution is 5.25. The van der Waals surface area contributed by atoms with Gasteiger partial charge in [-0.05, 0) is 25.7 Å². The Bertz CT molecular complexity index is 280. The van der Waals surface area contributed by atoms with Crippen molar-refractivity contribution in [2.45, 2.75) is 31.8 Å². The Kier molecular flexibility index (Phi) is 2.81. The lowest BCUT2D eigenvalue weighted by Crippen LogP contribution is -2.11. The van der Waals surface area contributed by atoms with Gasteiger partial charge < -0.3 is 10.1 Å². The molecule has 0 spiro atoms. The number of nitrogens with one attached hydrogen (secondary N) is 1. The fourth-order valence-corrected chi connectivity index (χ4v) is 1.70. The van der Waals surface area contributed by atoms with Crippen molar-refractivity contribution < 1.29 is 4.74 Å². The quantitative estimate of drug-likeness (QED) is 0.795. The molecule has 1 aliphatic carbocycles. The van der Waals surface area contributed by atoms with Crippen LogP contribution >= 0.6 is 0 Å². The zero-order valence-corrected chi connectivity index (χ0v) is 8.36. The predicted molar refractivity (Wildman–Crippen MR) is 54.5 cm³/mol. The maximum Gasteiger partial charge on any atom is 0.222 e. The van der Waals surface area contributed by atoms with E-state index < -0.39 is 0 Å². The van der Waals surface area contributed by atoms with E-state index in [4.69, 9.17) is 4.74 Å². The van der Waals surface area contributed by atoms with Gasteiger partial charge in [-0.2, -0.15) is 0 Å². The van der Waals surface area contributed by atoms with E-state index in [9.17, 15) is 0 Å². The second kappa shape index (κ2) is 4.26. The molecule has 1 aromatic rings. The van der Waals surface area contributed by atoms with Crippen molar-refractivity contribution in [2.75, 3.05) is 12.4 Å². The average Bonchev–Trinajstić information content (AvgIpc) is 2.72. The van der Waals surface area contributed by atoms with E-state index in [1.807, 2.05) is 0 Å². The Balaban J connectivity index is 1.95. The second-order valence-corrected chi connectivity index (χ2v) is 3.52. The molecule has 1 aromatic heterocycles. The van der Waals surface area contributed by atoms with Gasteiger partial charge in [0.15, 0.2) is 5.75 Å². The maximum atomic E-state index is 5.72. The van der Waals surface area contributed by atoms with Crippen LogP contribution in [0.4, 0.5) is 5.95 Å². The van der Waals surface area contributed by atoms with Crippen molar-refractivity contribution in [3.05, 3.63) is 12.4 Å². The van der Waals surface area contributed by atoms with Crippen LogP contribution in [0.25, 0.3) is 0 Å². The first kappa shape index (κ1) is 9.24. The van der Waals surface area contributed by atoms with Gasteiger partial charge in [0.25, 0.3) is 0 Å². The van der Waals surface area contributed by atoms with Crippen LogP contribution in [0.1, 0.15) is 25.7 Å². The van der Waals surface area contributed by atoms with Gasteiger partial charge in [0.1, 0.15) is 0 Å². The van der Waals surface area contributed by atoms with Gasteiger partial charge in [0, 0.05) is 7.05 Å². The second-order valence-electron chi connectivity index (χ2n) is 3.52. The smallest absolute Gasteiger partial charge is 0.222 e. The molecule has 0 saturated heterocycles. The Morgan fingerprint density at radius 3 is 2.50 bits per heavy atom. The summed E-state index contributed by atoms with van der Waals surface area (Å²) in [6.45, 7) is 0. The van der Waals surface area contributed by atoms with E-state index in [0.29, 0.717) is 12.1 Å². The number of ether oxygens (including phenoxy) is 1. The van der Waals surface area contributed by atoms with Gasteiger partial charge in [-0.3, -0.25) is 0 Å². The SMILES string of the molecule is CNc1ncc(OC2CCCC2)cn1. The van der Waals surface area contributed by atoms with E-state index in [1.54, 1.807) is 19.4 Å². The Labute approximate surface area is 83.7 Å². The molecule has 1 N–H and O–H groups in total. The lowest BCUT2D eigenvalue weighted by molar-refractivity contribution is 0.208. The molecule has 1 aliphatic rings. The lowest BCUT2D eigenvalue weighted by atomic mass is 10.3. The van der Waals surface area contributed by atoms with Crippen molar-refractivity contribution in [3.63, 3.8) is 0 Å². The molecule has 0 radical (unpaired) electrons. The van der Waals surface area contributed by atoms with Gasteiger partial charge in [0.05, 0.1) is 18.5 Å². The zero-order chi connectivity index (χ0) is 9.80. The molecular weight excluding hydrogens is 178 g/mol. The summed E-state index contributed by atoms with van der Waals surface area (Å²) in [4.78, 5) is 8.18. The zero-order valence-electron chi connectivity index (χ0n) is 8.36. The molecule has 4 nitrogen and oxygen atoms in total. The molecule has 0 amide bonds. The highest BCUT2D eigenvalue weighted by Gasteiger charge is 2.16. The minimum atomic E-state index is 0.374. The summed E-state index contributed by atoms with van der Waals surface area (Å²) in [7, 11) is 1.80. The van der Waals surface area contributed by atoms with Crippen LogP contribution in [-0.4, -0.2) is 23.1 Å². The maximum absolute atomic E-state index is 5.72. The normalized spacial score (nSPS) is 16.9. The molecule has 4 heteroatoms. The van der Waals surface area contributed by atoms with Crippen molar-refractivity contribution in [2.24, 2.45) is 0 Å². The topological polar surface area (TPSA) is 47.0 Å². The Morgan fingerprint density at radius 2 is 1.93 bits per heavy atom. The summed E-state index contributed by atoms with van der Waals surface area (Å²) in [6, 6.07) is 0. The van der Waals surface area contributed by atoms with Crippen LogP contribution in [0.2, 0.25) is 0 Å². The minimum absolute atomic E-state index is 0.374. The fourth-order valence-electron chi connectivity index (χ4n) is 1.70. The molecule has 0 aliphatic heterocycles. The van der Waals surface area contributed by atoms with Crippen molar-refractivity contribution in [3.8, 4) is 5.75 Å². The van der Waals surface area contributed by atoms with E-state index in [-0.39, 0.29) is 0 Å². The van der Waals surface area contributed by atoms with Crippen LogP contribution in [0, 0.1) is 0 Å². The monoisotopic (exact) mass is 193 g/mol. The average molecular weight is 193 g/mol. The number of anilines is 1. The molecular formula is C10H15N3O. The first-order valence-corrected chi connectivity index (χ1v) is 5.05. The molecule has 0 bridgehead atoms. The highest BCUT2D eigenvalue weighted by Crippen LogP contribution is 2.23. The first-order valence-electron chi connectivity index (χ1n) is 5.05. The minimum Gasteiger partial charge on any atom is -0.487 e. The number of rotatable bonds is 3. The predicted octanol–water partition coefficient (Wildman–Crippen LogP) is 1.84. The number of aromatic nitrogens is 2.